The molecular formula is C7H7O2S. The Labute approximate surface area is 63.4 Å². The van der Waals surface area contributed by atoms with Crippen molar-refractivity contribution >= 4 is 17.3 Å². The summed E-state index contributed by atoms with van der Waals surface area (Å²) in [7, 11) is 1.39. The fraction of sp³-hybridized carbons (Fsp3) is 0.286. The van der Waals surface area contributed by atoms with Crippen molar-refractivity contribution < 1.29 is 9.53 Å². The van der Waals surface area contributed by atoms with Gasteiger partial charge in [0.05, 0.1) is 13.5 Å². The number of hydrogen-bond donors (Lipinski definition) is 0. The van der Waals surface area contributed by atoms with Crippen molar-refractivity contribution in [1.82, 2.24) is 0 Å². The summed E-state index contributed by atoms with van der Waals surface area (Å²) in [4.78, 5) is 11.6. The molecule has 0 aliphatic carbocycles. The molecule has 53 valence electrons. The van der Waals surface area contributed by atoms with Crippen LogP contribution in [0.2, 0.25) is 0 Å². The number of methoxy groups -OCH3 is 1. The molecule has 0 aromatic carbocycles. The van der Waals surface area contributed by atoms with Crippen LogP contribution in [0.25, 0.3) is 0 Å². The minimum Gasteiger partial charge on any atom is -0.469 e. The Bertz CT molecular complexity index is 203. The smallest absolute Gasteiger partial charge is 0.310 e. The molecule has 10 heavy (non-hydrogen) atoms. The van der Waals surface area contributed by atoms with Crippen LogP contribution in [0.3, 0.4) is 0 Å². The molecule has 0 unspecified atom stereocenters. The Balaban J connectivity index is 2.48. The van der Waals surface area contributed by atoms with Gasteiger partial charge in [-0.15, -0.1) is 11.3 Å². The third-order valence-electron chi connectivity index (χ3n) is 1.07. The summed E-state index contributed by atoms with van der Waals surface area (Å²) in [5, 5.41) is 2.89. The van der Waals surface area contributed by atoms with Gasteiger partial charge >= 0.3 is 5.97 Å². The molecule has 0 aliphatic heterocycles. The van der Waals surface area contributed by atoms with E-state index in [4.69, 9.17) is 0 Å². The Morgan fingerprint density at radius 2 is 2.70 bits per heavy atom. The zero-order valence-corrected chi connectivity index (χ0v) is 6.40. The predicted octanol–water partition coefficient (Wildman–Crippen LogP) is 1.26. The molecule has 1 aromatic rings. The van der Waals surface area contributed by atoms with E-state index in [9.17, 15) is 4.79 Å². The van der Waals surface area contributed by atoms with Crippen LogP contribution in [0.1, 0.15) is 4.88 Å². The first kappa shape index (κ1) is 7.28. The topological polar surface area (TPSA) is 26.3 Å². The summed E-state index contributed by atoms with van der Waals surface area (Å²) < 4.78 is 4.48. The number of thiophene rings is 1. The number of ether oxygens (including phenoxy) is 1. The van der Waals surface area contributed by atoms with Crippen LogP contribution >= 0.6 is 11.3 Å². The summed E-state index contributed by atoms with van der Waals surface area (Å²) >= 11 is 1.44. The van der Waals surface area contributed by atoms with Crippen molar-refractivity contribution in [1.29, 1.82) is 0 Å². The van der Waals surface area contributed by atoms with Crippen molar-refractivity contribution in [2.24, 2.45) is 0 Å². The van der Waals surface area contributed by atoms with Crippen molar-refractivity contribution in [3.8, 4) is 0 Å². The Morgan fingerprint density at radius 3 is 3.20 bits per heavy atom. The van der Waals surface area contributed by atoms with E-state index < -0.39 is 0 Å². The highest BCUT2D eigenvalue weighted by Crippen LogP contribution is 2.08. The Kier molecular flexibility index (Phi) is 2.45. The van der Waals surface area contributed by atoms with E-state index in [1.807, 2.05) is 6.07 Å². The average molecular weight is 155 g/mol. The quantitative estimate of drug-likeness (QED) is 0.601. The highest BCUT2D eigenvalue weighted by Gasteiger charge is 2.01. The van der Waals surface area contributed by atoms with Crippen LogP contribution in [0, 0.1) is 5.38 Å². The van der Waals surface area contributed by atoms with Crippen molar-refractivity contribution in [3.63, 3.8) is 0 Å². The molecule has 1 heterocycles. The maximum absolute atomic E-state index is 10.6. The second kappa shape index (κ2) is 3.37. The molecular weight excluding hydrogens is 148 g/mol. The molecule has 3 heteroatoms. The van der Waals surface area contributed by atoms with Crippen molar-refractivity contribution in [2.45, 2.75) is 6.42 Å². The van der Waals surface area contributed by atoms with Crippen LogP contribution in [0.5, 0.6) is 0 Å². The first-order chi connectivity index (χ1) is 4.83. The first-order valence-corrected chi connectivity index (χ1v) is 3.66. The van der Waals surface area contributed by atoms with Gasteiger partial charge in [0.15, 0.2) is 0 Å². The minimum atomic E-state index is -0.198. The standard InChI is InChI=1S/C7H7O2S/c1-9-7(8)5-6-3-2-4-10-6/h2-3H,5H2,1H3. The first-order valence-electron chi connectivity index (χ1n) is 2.84. The monoisotopic (exact) mass is 155 g/mol. The zero-order valence-electron chi connectivity index (χ0n) is 5.59. The molecule has 0 saturated heterocycles. The molecule has 0 N–H and O–H groups in total. The number of rotatable bonds is 2. The zero-order chi connectivity index (χ0) is 7.40. The van der Waals surface area contributed by atoms with E-state index in [1.165, 1.54) is 18.4 Å². The SMILES string of the molecule is COC(=O)Cc1cc[c]s1. The fourth-order valence-corrected chi connectivity index (χ4v) is 1.19. The van der Waals surface area contributed by atoms with Crippen LogP contribution in [-0.4, -0.2) is 13.1 Å². The molecule has 0 fully saturated rings. The van der Waals surface area contributed by atoms with Gasteiger partial charge < -0.3 is 4.74 Å². The van der Waals surface area contributed by atoms with Crippen LogP contribution in [-0.2, 0) is 16.0 Å². The van der Waals surface area contributed by atoms with E-state index in [-0.39, 0.29) is 5.97 Å². The van der Waals surface area contributed by atoms with E-state index in [1.54, 1.807) is 6.07 Å². The highest BCUT2D eigenvalue weighted by molar-refractivity contribution is 7.09. The van der Waals surface area contributed by atoms with E-state index in [0.29, 0.717) is 6.42 Å². The molecule has 1 rings (SSSR count). The van der Waals surface area contributed by atoms with Gasteiger partial charge in [-0.1, -0.05) is 0 Å². The lowest BCUT2D eigenvalue weighted by Crippen LogP contribution is -2.02. The molecule has 1 radical (unpaired) electrons. The molecule has 2 nitrogen and oxygen atoms in total. The van der Waals surface area contributed by atoms with Crippen molar-refractivity contribution in [3.05, 3.63) is 22.4 Å². The molecule has 0 spiro atoms. The third-order valence-corrected chi connectivity index (χ3v) is 1.87. The maximum atomic E-state index is 10.6. The lowest BCUT2D eigenvalue weighted by molar-refractivity contribution is -0.139. The highest BCUT2D eigenvalue weighted by atomic mass is 32.1. The summed E-state index contributed by atoms with van der Waals surface area (Å²) in [6, 6.07) is 3.66. The van der Waals surface area contributed by atoms with Gasteiger partial charge in [-0.3, -0.25) is 4.79 Å². The average Bonchev–Trinajstić information content (AvgIpc) is 2.40. The van der Waals surface area contributed by atoms with E-state index in [0.717, 1.165) is 4.88 Å². The van der Waals surface area contributed by atoms with Gasteiger partial charge in [0.2, 0.25) is 0 Å². The van der Waals surface area contributed by atoms with Gasteiger partial charge in [-0.05, 0) is 12.1 Å². The molecule has 1 aromatic heterocycles. The number of carbonyl (C=O) groups is 1. The number of carbonyl (C=O) groups excluding carboxylic acids is 1. The normalized spacial score (nSPS) is 9.30. The molecule has 0 amide bonds. The van der Waals surface area contributed by atoms with Gasteiger partial charge in [-0.2, -0.15) is 0 Å². The second-order valence-corrected chi connectivity index (χ2v) is 2.74. The van der Waals surface area contributed by atoms with Gasteiger partial charge in [-0.25, -0.2) is 0 Å². The molecule has 0 bridgehead atoms. The molecule has 0 saturated carbocycles. The third kappa shape index (κ3) is 1.84. The van der Waals surface area contributed by atoms with Gasteiger partial charge in [0.1, 0.15) is 0 Å². The summed E-state index contributed by atoms with van der Waals surface area (Å²) in [5.74, 6) is -0.198. The number of hydrogen-bond acceptors (Lipinski definition) is 3. The fourth-order valence-electron chi connectivity index (χ4n) is 0.580. The summed E-state index contributed by atoms with van der Waals surface area (Å²) in [6.45, 7) is 0. The van der Waals surface area contributed by atoms with Crippen molar-refractivity contribution in [2.75, 3.05) is 7.11 Å². The van der Waals surface area contributed by atoms with Crippen LogP contribution in [0.4, 0.5) is 0 Å². The summed E-state index contributed by atoms with van der Waals surface area (Å²) in [5.41, 5.74) is 0. The maximum Gasteiger partial charge on any atom is 0.310 e. The van der Waals surface area contributed by atoms with E-state index in [2.05, 4.69) is 10.1 Å². The lowest BCUT2D eigenvalue weighted by atomic mass is 10.3. The molecule has 0 aliphatic rings. The number of esters is 1. The lowest BCUT2D eigenvalue weighted by Gasteiger charge is -1.93. The Morgan fingerprint density at radius 1 is 1.90 bits per heavy atom. The second-order valence-electron chi connectivity index (χ2n) is 1.77. The van der Waals surface area contributed by atoms with Crippen LogP contribution in [0.15, 0.2) is 12.1 Å². The largest absolute Gasteiger partial charge is 0.469 e. The molecule has 0 atom stereocenters. The predicted molar refractivity (Wildman–Crippen MR) is 38.9 cm³/mol. The van der Waals surface area contributed by atoms with E-state index >= 15 is 0 Å². The Hall–Kier alpha value is -0.830. The van der Waals surface area contributed by atoms with Gasteiger partial charge in [0, 0.05) is 10.3 Å². The minimum absolute atomic E-state index is 0.198. The van der Waals surface area contributed by atoms with Crippen LogP contribution < -0.4 is 0 Å². The van der Waals surface area contributed by atoms with Gasteiger partial charge in [0.25, 0.3) is 0 Å². The summed E-state index contributed by atoms with van der Waals surface area (Å²) in [6.07, 6.45) is 0.366.